The first-order valence-corrected chi connectivity index (χ1v) is 8.10. The van der Waals surface area contributed by atoms with E-state index in [1.807, 2.05) is 59.7 Å². The van der Waals surface area contributed by atoms with Crippen LogP contribution in [0.5, 0.6) is 0 Å². The SMILES string of the molecule is Cc1cc([C@@H](C)NC(=O)OC(C)(C)C)c2cc(C)n(C)c(=O)c2c1. The Kier molecular flexibility index (Phi) is 4.74. The molecule has 0 aliphatic rings. The molecule has 0 spiro atoms. The molecule has 1 heterocycles. The van der Waals surface area contributed by atoms with Gasteiger partial charge in [0.25, 0.3) is 5.56 Å². The number of nitrogens with one attached hydrogen (secondary N) is 1. The zero-order valence-corrected chi connectivity index (χ0v) is 15.5. The van der Waals surface area contributed by atoms with Crippen molar-refractivity contribution in [3.8, 4) is 0 Å². The molecule has 24 heavy (non-hydrogen) atoms. The molecule has 0 fully saturated rings. The molecule has 2 rings (SSSR count). The lowest BCUT2D eigenvalue weighted by Crippen LogP contribution is -2.34. The average molecular weight is 330 g/mol. The van der Waals surface area contributed by atoms with Gasteiger partial charge in [0.1, 0.15) is 5.60 Å². The van der Waals surface area contributed by atoms with Gasteiger partial charge in [0.2, 0.25) is 0 Å². The smallest absolute Gasteiger partial charge is 0.408 e. The van der Waals surface area contributed by atoms with Crippen molar-refractivity contribution in [3.63, 3.8) is 0 Å². The molecule has 2 aromatic rings. The average Bonchev–Trinajstić information content (AvgIpc) is 2.43. The van der Waals surface area contributed by atoms with Crippen LogP contribution in [0.3, 0.4) is 0 Å². The Balaban J connectivity index is 2.48. The largest absolute Gasteiger partial charge is 0.444 e. The van der Waals surface area contributed by atoms with Gasteiger partial charge < -0.3 is 14.6 Å². The number of fused-ring (bicyclic) bond motifs is 1. The number of aromatic nitrogens is 1. The summed E-state index contributed by atoms with van der Waals surface area (Å²) in [6.07, 6.45) is -0.467. The first-order valence-electron chi connectivity index (χ1n) is 8.10. The molecule has 5 nitrogen and oxygen atoms in total. The van der Waals surface area contributed by atoms with E-state index in [0.717, 1.165) is 22.2 Å². The summed E-state index contributed by atoms with van der Waals surface area (Å²) in [5.41, 5.74) is 2.19. The van der Waals surface area contributed by atoms with Gasteiger partial charge in [-0.2, -0.15) is 0 Å². The van der Waals surface area contributed by atoms with Crippen molar-refractivity contribution in [2.24, 2.45) is 7.05 Å². The molecule has 0 aliphatic heterocycles. The second-order valence-corrected chi connectivity index (χ2v) is 7.33. The van der Waals surface area contributed by atoms with E-state index in [2.05, 4.69) is 5.32 Å². The molecule has 0 bridgehead atoms. The zero-order valence-electron chi connectivity index (χ0n) is 15.5. The van der Waals surface area contributed by atoms with Crippen molar-refractivity contribution in [1.29, 1.82) is 0 Å². The summed E-state index contributed by atoms with van der Waals surface area (Å²) < 4.78 is 6.96. The number of benzene rings is 1. The fourth-order valence-electron chi connectivity index (χ4n) is 2.73. The Labute approximate surface area is 142 Å². The molecule has 1 aromatic carbocycles. The van der Waals surface area contributed by atoms with Crippen molar-refractivity contribution in [2.45, 2.75) is 53.2 Å². The summed E-state index contributed by atoms with van der Waals surface area (Å²) in [6, 6.07) is 5.61. The van der Waals surface area contributed by atoms with E-state index in [1.165, 1.54) is 0 Å². The van der Waals surface area contributed by atoms with E-state index in [-0.39, 0.29) is 11.6 Å². The highest BCUT2D eigenvalue weighted by Gasteiger charge is 2.20. The summed E-state index contributed by atoms with van der Waals surface area (Å²) >= 11 is 0. The molecular formula is C19H26N2O3. The van der Waals surface area contributed by atoms with Crippen LogP contribution in [0.4, 0.5) is 4.79 Å². The lowest BCUT2D eigenvalue weighted by Gasteiger charge is -2.23. The van der Waals surface area contributed by atoms with Crippen LogP contribution in [-0.4, -0.2) is 16.3 Å². The summed E-state index contributed by atoms with van der Waals surface area (Å²) in [5, 5.41) is 4.38. The molecule has 1 amide bonds. The molecule has 1 atom stereocenters. The third kappa shape index (κ3) is 3.78. The van der Waals surface area contributed by atoms with Crippen LogP contribution in [0, 0.1) is 13.8 Å². The van der Waals surface area contributed by atoms with Crippen LogP contribution in [-0.2, 0) is 11.8 Å². The number of alkyl carbamates (subject to hydrolysis) is 1. The summed E-state index contributed by atoms with van der Waals surface area (Å²) in [4.78, 5) is 24.6. The van der Waals surface area contributed by atoms with Crippen molar-refractivity contribution in [1.82, 2.24) is 9.88 Å². The number of amides is 1. The van der Waals surface area contributed by atoms with Gasteiger partial charge in [0.15, 0.2) is 0 Å². The normalized spacial score (nSPS) is 13.0. The molecule has 1 aromatic heterocycles. The topological polar surface area (TPSA) is 60.3 Å². The summed E-state index contributed by atoms with van der Waals surface area (Å²) in [5.74, 6) is 0. The Hall–Kier alpha value is -2.30. The number of carbonyl (C=O) groups excluding carboxylic acids is 1. The quantitative estimate of drug-likeness (QED) is 0.912. The number of ether oxygens (including phenoxy) is 1. The minimum atomic E-state index is -0.551. The van der Waals surface area contributed by atoms with E-state index in [9.17, 15) is 9.59 Å². The van der Waals surface area contributed by atoms with Gasteiger partial charge in [-0.3, -0.25) is 4.79 Å². The van der Waals surface area contributed by atoms with Crippen LogP contribution >= 0.6 is 0 Å². The van der Waals surface area contributed by atoms with Crippen molar-refractivity contribution >= 4 is 16.9 Å². The summed E-state index contributed by atoms with van der Waals surface area (Å²) in [6.45, 7) is 11.2. The maximum atomic E-state index is 12.5. The monoisotopic (exact) mass is 330 g/mol. The van der Waals surface area contributed by atoms with Crippen molar-refractivity contribution < 1.29 is 9.53 Å². The van der Waals surface area contributed by atoms with Crippen LogP contribution in [0.1, 0.15) is 50.6 Å². The number of carbonyl (C=O) groups is 1. The lowest BCUT2D eigenvalue weighted by atomic mass is 9.97. The molecule has 0 unspecified atom stereocenters. The van der Waals surface area contributed by atoms with Gasteiger partial charge in [-0.1, -0.05) is 6.07 Å². The molecular weight excluding hydrogens is 304 g/mol. The molecule has 1 N–H and O–H groups in total. The molecule has 0 saturated heterocycles. The second kappa shape index (κ2) is 6.30. The van der Waals surface area contributed by atoms with Gasteiger partial charge >= 0.3 is 6.09 Å². The highest BCUT2D eigenvalue weighted by atomic mass is 16.6. The van der Waals surface area contributed by atoms with E-state index in [4.69, 9.17) is 4.74 Å². The van der Waals surface area contributed by atoms with E-state index < -0.39 is 11.7 Å². The van der Waals surface area contributed by atoms with Crippen molar-refractivity contribution in [2.75, 3.05) is 0 Å². The molecule has 0 saturated carbocycles. The molecule has 0 radical (unpaired) electrons. The van der Waals surface area contributed by atoms with Gasteiger partial charge in [-0.25, -0.2) is 4.79 Å². The number of hydrogen-bond acceptors (Lipinski definition) is 3. The standard InChI is InChI=1S/C19H26N2O3/c1-11-8-14(13(3)20-18(23)24-19(4,5)6)15-10-12(2)21(7)17(22)16(15)9-11/h8-10,13H,1-7H3,(H,20,23)/t13-/m1/s1. The molecule has 0 aliphatic carbocycles. The Morgan fingerprint density at radius 2 is 1.79 bits per heavy atom. The third-order valence-electron chi connectivity index (χ3n) is 3.97. The predicted molar refractivity (Wildman–Crippen MR) is 96.4 cm³/mol. The maximum absolute atomic E-state index is 12.5. The van der Waals surface area contributed by atoms with Crippen molar-refractivity contribution in [3.05, 3.63) is 45.4 Å². The number of rotatable bonds is 2. The maximum Gasteiger partial charge on any atom is 0.408 e. The highest BCUT2D eigenvalue weighted by Crippen LogP contribution is 2.25. The number of nitrogens with zero attached hydrogens (tertiary/aromatic N) is 1. The molecule has 130 valence electrons. The highest BCUT2D eigenvalue weighted by molar-refractivity contribution is 5.87. The Morgan fingerprint density at radius 3 is 2.38 bits per heavy atom. The van der Waals surface area contributed by atoms with E-state index in [1.54, 1.807) is 11.6 Å². The Bertz CT molecular complexity index is 844. The molecule has 5 heteroatoms. The minimum Gasteiger partial charge on any atom is -0.444 e. The Morgan fingerprint density at radius 1 is 1.17 bits per heavy atom. The van der Waals surface area contributed by atoms with Crippen LogP contribution in [0.2, 0.25) is 0 Å². The van der Waals surface area contributed by atoms with Crippen LogP contribution in [0.25, 0.3) is 10.8 Å². The van der Waals surface area contributed by atoms with Gasteiger partial charge in [0, 0.05) is 18.1 Å². The lowest BCUT2D eigenvalue weighted by molar-refractivity contribution is 0.0508. The second-order valence-electron chi connectivity index (χ2n) is 7.33. The predicted octanol–water partition coefficient (Wildman–Crippen LogP) is 3.74. The number of aryl methyl sites for hydroxylation is 2. The third-order valence-corrected chi connectivity index (χ3v) is 3.97. The van der Waals surface area contributed by atoms with Gasteiger partial charge in [-0.15, -0.1) is 0 Å². The minimum absolute atomic E-state index is 0.0283. The fourth-order valence-corrected chi connectivity index (χ4v) is 2.73. The van der Waals surface area contributed by atoms with Crippen LogP contribution < -0.4 is 10.9 Å². The number of pyridine rings is 1. The summed E-state index contributed by atoms with van der Waals surface area (Å²) in [7, 11) is 1.77. The first-order chi connectivity index (χ1) is 11.0. The van der Waals surface area contributed by atoms with Crippen LogP contribution in [0.15, 0.2) is 23.0 Å². The van der Waals surface area contributed by atoms with Gasteiger partial charge in [0.05, 0.1) is 6.04 Å². The van der Waals surface area contributed by atoms with E-state index in [0.29, 0.717) is 5.39 Å². The zero-order chi connectivity index (χ0) is 18.2. The number of hydrogen-bond donors (Lipinski definition) is 1. The van der Waals surface area contributed by atoms with Gasteiger partial charge in [-0.05, 0) is 70.2 Å². The first kappa shape index (κ1) is 18.0. The fraction of sp³-hybridized carbons (Fsp3) is 0.474. The van der Waals surface area contributed by atoms with E-state index >= 15 is 0 Å².